The first-order chi connectivity index (χ1) is 13.4. The zero-order chi connectivity index (χ0) is 20.3. The monoisotopic (exact) mass is 375 g/mol. The van der Waals surface area contributed by atoms with Gasteiger partial charge >= 0.3 is 5.97 Å². The summed E-state index contributed by atoms with van der Waals surface area (Å²) in [5.41, 5.74) is 5.37. The Morgan fingerprint density at radius 1 is 0.857 bits per heavy atom. The van der Waals surface area contributed by atoms with Gasteiger partial charge < -0.3 is 9.30 Å². The molecule has 0 radical (unpaired) electrons. The molecule has 0 aliphatic carbocycles. The average Bonchev–Trinajstić information content (AvgIpc) is 3.05. The Morgan fingerprint density at radius 3 is 1.93 bits per heavy atom. The van der Waals surface area contributed by atoms with Crippen LogP contribution in [0.3, 0.4) is 0 Å². The SMILES string of the molecule is CCc1ccc(C(=O)[C@@H](C)OC(=O)c2ccc(-n3c(C)ccc3C)cc2)cc1. The number of carbonyl (C=O) groups excluding carboxylic acids is 2. The van der Waals surface area contributed by atoms with E-state index in [2.05, 4.69) is 23.6 Å². The molecule has 0 aliphatic rings. The summed E-state index contributed by atoms with van der Waals surface area (Å²) in [5.74, 6) is -0.704. The molecule has 144 valence electrons. The predicted molar refractivity (Wildman–Crippen MR) is 110 cm³/mol. The van der Waals surface area contributed by atoms with E-state index in [4.69, 9.17) is 4.74 Å². The number of aromatic nitrogens is 1. The lowest BCUT2D eigenvalue weighted by molar-refractivity contribution is 0.0319. The van der Waals surface area contributed by atoms with Gasteiger partial charge in [0.05, 0.1) is 5.56 Å². The van der Waals surface area contributed by atoms with Crippen LogP contribution in [0.15, 0.2) is 60.7 Å². The van der Waals surface area contributed by atoms with Crippen molar-refractivity contribution in [2.45, 2.75) is 40.2 Å². The summed E-state index contributed by atoms with van der Waals surface area (Å²) >= 11 is 0. The van der Waals surface area contributed by atoms with E-state index in [9.17, 15) is 9.59 Å². The van der Waals surface area contributed by atoms with Gasteiger partial charge in [-0.15, -0.1) is 0 Å². The third kappa shape index (κ3) is 4.06. The maximum atomic E-state index is 12.5. The number of ketones is 1. The van der Waals surface area contributed by atoms with Crippen molar-refractivity contribution in [2.24, 2.45) is 0 Å². The lowest BCUT2D eigenvalue weighted by Gasteiger charge is -2.14. The Hall–Kier alpha value is -3.14. The van der Waals surface area contributed by atoms with Crippen LogP contribution >= 0.6 is 0 Å². The quantitative estimate of drug-likeness (QED) is 0.446. The van der Waals surface area contributed by atoms with Gasteiger partial charge in [-0.2, -0.15) is 0 Å². The molecule has 4 nitrogen and oxygen atoms in total. The first-order valence-electron chi connectivity index (χ1n) is 9.50. The van der Waals surface area contributed by atoms with Gasteiger partial charge in [0.1, 0.15) is 0 Å². The lowest BCUT2D eigenvalue weighted by atomic mass is 10.0. The number of nitrogens with zero attached hydrogens (tertiary/aromatic N) is 1. The van der Waals surface area contributed by atoms with Crippen LogP contribution in [0.1, 0.15) is 51.5 Å². The minimum Gasteiger partial charge on any atom is -0.451 e. The lowest BCUT2D eigenvalue weighted by Crippen LogP contribution is -2.24. The van der Waals surface area contributed by atoms with Crippen LogP contribution in [0.4, 0.5) is 0 Å². The molecule has 1 heterocycles. The molecule has 0 fully saturated rings. The molecule has 28 heavy (non-hydrogen) atoms. The fourth-order valence-corrected chi connectivity index (χ4v) is 3.24. The van der Waals surface area contributed by atoms with Gasteiger partial charge in [0.25, 0.3) is 0 Å². The van der Waals surface area contributed by atoms with Crippen molar-refractivity contribution in [3.05, 3.63) is 88.7 Å². The Kier molecular flexibility index (Phi) is 5.78. The van der Waals surface area contributed by atoms with Crippen molar-refractivity contribution in [3.8, 4) is 5.69 Å². The molecular weight excluding hydrogens is 350 g/mol. The van der Waals surface area contributed by atoms with Gasteiger partial charge in [-0.25, -0.2) is 4.79 Å². The first-order valence-corrected chi connectivity index (χ1v) is 9.50. The van der Waals surface area contributed by atoms with Crippen molar-refractivity contribution in [2.75, 3.05) is 0 Å². The maximum Gasteiger partial charge on any atom is 0.338 e. The van der Waals surface area contributed by atoms with E-state index in [1.807, 2.05) is 38.1 Å². The zero-order valence-corrected chi connectivity index (χ0v) is 16.7. The number of Topliss-reactive ketones (excluding diaryl/α,β-unsaturated/α-hetero) is 1. The molecule has 2 aromatic carbocycles. The van der Waals surface area contributed by atoms with Gasteiger partial charge in [-0.05, 0) is 69.2 Å². The molecule has 0 spiro atoms. The average molecular weight is 375 g/mol. The highest BCUT2D eigenvalue weighted by atomic mass is 16.5. The molecule has 0 saturated carbocycles. The number of hydrogen-bond donors (Lipinski definition) is 0. The molecule has 4 heteroatoms. The van der Waals surface area contributed by atoms with Crippen LogP contribution in [-0.2, 0) is 11.2 Å². The molecule has 0 aliphatic heterocycles. The second-order valence-corrected chi connectivity index (χ2v) is 6.96. The molecule has 0 unspecified atom stereocenters. The smallest absolute Gasteiger partial charge is 0.338 e. The largest absolute Gasteiger partial charge is 0.451 e. The van der Waals surface area contributed by atoms with Gasteiger partial charge in [0.2, 0.25) is 5.78 Å². The van der Waals surface area contributed by atoms with Crippen molar-refractivity contribution in [3.63, 3.8) is 0 Å². The topological polar surface area (TPSA) is 48.3 Å². The zero-order valence-electron chi connectivity index (χ0n) is 16.7. The summed E-state index contributed by atoms with van der Waals surface area (Å²) in [7, 11) is 0. The van der Waals surface area contributed by atoms with Crippen LogP contribution in [0.25, 0.3) is 5.69 Å². The van der Waals surface area contributed by atoms with Crippen LogP contribution < -0.4 is 0 Å². The standard InChI is InChI=1S/C24H25NO3/c1-5-19-8-10-20(11-9-19)23(26)18(4)28-24(27)21-12-14-22(15-13-21)25-16(2)6-7-17(25)3/h6-15,18H,5H2,1-4H3/t18-/m1/s1. The van der Waals surface area contributed by atoms with Crippen LogP contribution in [0.5, 0.6) is 0 Å². The first kappa shape index (κ1) is 19.6. The fraction of sp³-hybridized carbons (Fsp3) is 0.250. The van der Waals surface area contributed by atoms with Crippen LogP contribution in [0.2, 0.25) is 0 Å². The number of aryl methyl sites for hydroxylation is 3. The minimum atomic E-state index is -0.839. The van der Waals surface area contributed by atoms with Crippen molar-refractivity contribution in [1.29, 1.82) is 0 Å². The highest BCUT2D eigenvalue weighted by Gasteiger charge is 2.20. The van der Waals surface area contributed by atoms with Crippen LogP contribution in [-0.4, -0.2) is 22.4 Å². The Morgan fingerprint density at radius 2 is 1.39 bits per heavy atom. The molecule has 0 amide bonds. The molecule has 0 bridgehead atoms. The van der Waals surface area contributed by atoms with Crippen molar-refractivity contribution in [1.82, 2.24) is 4.57 Å². The van der Waals surface area contributed by atoms with Gasteiger partial charge in [-0.3, -0.25) is 4.79 Å². The molecule has 0 N–H and O–H groups in total. The van der Waals surface area contributed by atoms with E-state index in [1.165, 1.54) is 0 Å². The molecule has 3 rings (SSSR count). The Labute approximate surface area is 165 Å². The third-order valence-electron chi connectivity index (χ3n) is 4.93. The number of esters is 1. The molecule has 1 aromatic heterocycles. The Balaban J connectivity index is 1.69. The third-order valence-corrected chi connectivity index (χ3v) is 4.93. The van der Waals surface area contributed by atoms with E-state index in [-0.39, 0.29) is 5.78 Å². The number of benzene rings is 2. The number of carbonyl (C=O) groups is 2. The Bertz CT molecular complexity index is 962. The van der Waals surface area contributed by atoms with E-state index < -0.39 is 12.1 Å². The van der Waals surface area contributed by atoms with E-state index >= 15 is 0 Å². The summed E-state index contributed by atoms with van der Waals surface area (Å²) in [6.07, 6.45) is 0.0745. The fourth-order valence-electron chi connectivity index (χ4n) is 3.24. The molecule has 3 aromatic rings. The normalized spacial score (nSPS) is 11.9. The summed E-state index contributed by atoms with van der Waals surface area (Å²) in [4.78, 5) is 25.0. The maximum absolute atomic E-state index is 12.5. The van der Waals surface area contributed by atoms with Gasteiger partial charge in [-0.1, -0.05) is 31.2 Å². The highest BCUT2D eigenvalue weighted by molar-refractivity contribution is 6.01. The highest BCUT2D eigenvalue weighted by Crippen LogP contribution is 2.18. The summed E-state index contributed by atoms with van der Waals surface area (Å²) < 4.78 is 7.50. The summed E-state index contributed by atoms with van der Waals surface area (Å²) in [6, 6.07) is 18.7. The molecular formula is C24H25NO3. The van der Waals surface area contributed by atoms with E-state index in [0.29, 0.717) is 11.1 Å². The second kappa shape index (κ2) is 8.26. The number of hydrogen-bond acceptors (Lipinski definition) is 3. The van der Waals surface area contributed by atoms with E-state index in [1.54, 1.807) is 31.2 Å². The van der Waals surface area contributed by atoms with Gasteiger partial charge in [0.15, 0.2) is 6.10 Å². The molecule has 1 atom stereocenters. The minimum absolute atomic E-state index is 0.203. The van der Waals surface area contributed by atoms with Gasteiger partial charge in [0, 0.05) is 22.6 Å². The second-order valence-electron chi connectivity index (χ2n) is 6.96. The number of ether oxygens (including phenoxy) is 1. The van der Waals surface area contributed by atoms with Crippen molar-refractivity contribution >= 4 is 11.8 Å². The summed E-state index contributed by atoms with van der Waals surface area (Å²) in [6.45, 7) is 7.74. The van der Waals surface area contributed by atoms with Crippen molar-refractivity contribution < 1.29 is 14.3 Å². The molecule has 0 saturated heterocycles. The predicted octanol–water partition coefficient (Wildman–Crippen LogP) is 5.08. The van der Waals surface area contributed by atoms with E-state index in [0.717, 1.165) is 29.1 Å². The van der Waals surface area contributed by atoms with Crippen LogP contribution in [0, 0.1) is 13.8 Å². The number of rotatable bonds is 6. The summed E-state index contributed by atoms with van der Waals surface area (Å²) in [5, 5.41) is 0.